The number of hydrogen-bond acceptors (Lipinski definition) is 3. The Kier molecular flexibility index (Phi) is 4.12. The number of aromatic nitrogens is 4. The Morgan fingerprint density at radius 3 is 2.63 bits per heavy atom. The smallest absolute Gasteiger partial charge is 0.298 e. The lowest BCUT2D eigenvalue weighted by Gasteiger charge is -2.15. The lowest BCUT2D eigenvalue weighted by atomic mass is 10.0. The molecule has 27 heavy (non-hydrogen) atoms. The number of alkyl halides is 3. The summed E-state index contributed by atoms with van der Waals surface area (Å²) >= 11 is 12.1. The zero-order valence-electron chi connectivity index (χ0n) is 13.3. The van der Waals surface area contributed by atoms with Gasteiger partial charge in [-0.25, -0.2) is 4.98 Å². The van der Waals surface area contributed by atoms with Gasteiger partial charge in [0.05, 0.1) is 27.6 Å². The summed E-state index contributed by atoms with van der Waals surface area (Å²) in [6.07, 6.45) is -1.99. The molecule has 0 amide bonds. The van der Waals surface area contributed by atoms with Crippen molar-refractivity contribution >= 4 is 45.0 Å². The minimum Gasteiger partial charge on any atom is -0.298 e. The van der Waals surface area contributed by atoms with Gasteiger partial charge in [-0.2, -0.15) is 18.3 Å². The maximum absolute atomic E-state index is 13.1. The van der Waals surface area contributed by atoms with Crippen molar-refractivity contribution in [1.29, 1.82) is 0 Å². The summed E-state index contributed by atoms with van der Waals surface area (Å²) in [5, 5.41) is 7.44. The number of benzene rings is 1. The van der Waals surface area contributed by atoms with E-state index in [4.69, 9.17) is 23.2 Å². The average Bonchev–Trinajstić information content (AvgIpc) is 3.09. The van der Waals surface area contributed by atoms with E-state index in [1.54, 1.807) is 18.2 Å². The van der Waals surface area contributed by atoms with Gasteiger partial charge < -0.3 is 0 Å². The van der Waals surface area contributed by atoms with Crippen LogP contribution in [0.5, 0.6) is 0 Å². The first kappa shape index (κ1) is 17.8. The zero-order chi connectivity index (χ0) is 19.3. The molecule has 10 heteroatoms. The van der Waals surface area contributed by atoms with Gasteiger partial charge in [0.15, 0.2) is 0 Å². The molecule has 138 valence electrons. The van der Waals surface area contributed by atoms with E-state index in [2.05, 4.69) is 15.2 Å². The third-order valence-corrected chi connectivity index (χ3v) is 4.63. The SMILES string of the molecule is O=c1c2cn[nH]c2c2ccc(-c3cc(Cl)cnc3Cl)cc2n1CC(F)(F)F. The van der Waals surface area contributed by atoms with Crippen LogP contribution in [0.2, 0.25) is 10.2 Å². The maximum Gasteiger partial charge on any atom is 0.406 e. The minimum absolute atomic E-state index is 0.0851. The van der Waals surface area contributed by atoms with Crippen LogP contribution in [0.3, 0.4) is 0 Å². The monoisotopic (exact) mass is 412 g/mol. The fourth-order valence-corrected chi connectivity index (χ4v) is 3.37. The van der Waals surface area contributed by atoms with Gasteiger partial charge in [0.1, 0.15) is 11.7 Å². The molecule has 0 saturated heterocycles. The molecule has 0 bridgehead atoms. The second-order valence-electron chi connectivity index (χ2n) is 5.89. The summed E-state index contributed by atoms with van der Waals surface area (Å²) in [5.41, 5.74) is 0.618. The fraction of sp³-hybridized carbons (Fsp3) is 0.118. The van der Waals surface area contributed by atoms with E-state index in [0.29, 0.717) is 31.6 Å². The molecule has 0 aliphatic heterocycles. The largest absolute Gasteiger partial charge is 0.406 e. The predicted molar refractivity (Wildman–Crippen MR) is 97.2 cm³/mol. The molecule has 3 aromatic heterocycles. The van der Waals surface area contributed by atoms with Crippen molar-refractivity contribution in [3.8, 4) is 11.1 Å². The second-order valence-corrected chi connectivity index (χ2v) is 6.68. The molecule has 5 nitrogen and oxygen atoms in total. The Morgan fingerprint density at radius 2 is 1.89 bits per heavy atom. The molecule has 3 heterocycles. The highest BCUT2D eigenvalue weighted by molar-refractivity contribution is 6.34. The van der Waals surface area contributed by atoms with Crippen LogP contribution in [-0.4, -0.2) is 25.9 Å². The van der Waals surface area contributed by atoms with Gasteiger partial charge in [0.2, 0.25) is 0 Å². The number of nitrogens with zero attached hydrogens (tertiary/aromatic N) is 3. The minimum atomic E-state index is -4.57. The van der Waals surface area contributed by atoms with Crippen LogP contribution >= 0.6 is 23.2 Å². The van der Waals surface area contributed by atoms with Crippen LogP contribution in [-0.2, 0) is 6.54 Å². The molecule has 0 spiro atoms. The first-order valence-electron chi connectivity index (χ1n) is 7.62. The van der Waals surface area contributed by atoms with E-state index in [1.807, 2.05) is 0 Å². The number of halogens is 5. The van der Waals surface area contributed by atoms with Gasteiger partial charge in [-0.15, -0.1) is 0 Å². The van der Waals surface area contributed by atoms with Crippen molar-refractivity contribution in [3.63, 3.8) is 0 Å². The Morgan fingerprint density at radius 1 is 1.11 bits per heavy atom. The fourth-order valence-electron chi connectivity index (χ4n) is 3.00. The van der Waals surface area contributed by atoms with Crippen LogP contribution in [0.25, 0.3) is 32.9 Å². The summed E-state index contributed by atoms with van der Waals surface area (Å²) < 4.78 is 39.9. The highest BCUT2D eigenvalue weighted by Crippen LogP contribution is 2.32. The van der Waals surface area contributed by atoms with Crippen molar-refractivity contribution in [1.82, 2.24) is 19.7 Å². The van der Waals surface area contributed by atoms with Crippen molar-refractivity contribution in [2.45, 2.75) is 12.7 Å². The summed E-state index contributed by atoms with van der Waals surface area (Å²) in [6.45, 7) is -1.42. The molecule has 0 saturated carbocycles. The van der Waals surface area contributed by atoms with E-state index in [0.717, 1.165) is 0 Å². The molecular weight excluding hydrogens is 404 g/mol. The van der Waals surface area contributed by atoms with Crippen LogP contribution in [0.1, 0.15) is 0 Å². The third-order valence-electron chi connectivity index (χ3n) is 4.13. The van der Waals surface area contributed by atoms with E-state index in [1.165, 1.54) is 18.5 Å². The molecule has 0 unspecified atom stereocenters. The molecule has 0 aliphatic carbocycles. The van der Waals surface area contributed by atoms with Gasteiger partial charge >= 0.3 is 6.18 Å². The molecule has 4 aromatic rings. The summed E-state index contributed by atoms with van der Waals surface area (Å²) in [4.78, 5) is 16.5. The van der Waals surface area contributed by atoms with Gasteiger partial charge in [-0.05, 0) is 17.7 Å². The predicted octanol–water partition coefficient (Wildman–Crippen LogP) is 4.81. The molecule has 0 fully saturated rings. The van der Waals surface area contributed by atoms with Crippen LogP contribution in [0, 0.1) is 0 Å². The Hall–Kier alpha value is -2.58. The molecule has 4 rings (SSSR count). The van der Waals surface area contributed by atoms with Crippen molar-refractivity contribution in [2.24, 2.45) is 0 Å². The molecule has 0 radical (unpaired) electrons. The quantitative estimate of drug-likeness (QED) is 0.480. The zero-order valence-corrected chi connectivity index (χ0v) is 14.8. The molecule has 0 atom stereocenters. The Bertz CT molecular complexity index is 1250. The van der Waals surface area contributed by atoms with Crippen molar-refractivity contribution in [2.75, 3.05) is 0 Å². The number of fused-ring (bicyclic) bond motifs is 3. The van der Waals surface area contributed by atoms with E-state index in [-0.39, 0.29) is 16.1 Å². The van der Waals surface area contributed by atoms with Gasteiger partial charge in [0.25, 0.3) is 5.56 Å². The second kappa shape index (κ2) is 6.24. The van der Waals surface area contributed by atoms with E-state index >= 15 is 0 Å². The van der Waals surface area contributed by atoms with E-state index in [9.17, 15) is 18.0 Å². The van der Waals surface area contributed by atoms with E-state index < -0.39 is 18.3 Å². The summed E-state index contributed by atoms with van der Waals surface area (Å²) in [5.74, 6) is 0. The lowest BCUT2D eigenvalue weighted by Crippen LogP contribution is -2.28. The lowest BCUT2D eigenvalue weighted by molar-refractivity contribution is -0.140. The van der Waals surface area contributed by atoms with Crippen molar-refractivity contribution < 1.29 is 13.2 Å². The Balaban J connectivity index is 2.07. The van der Waals surface area contributed by atoms with Gasteiger partial charge in [0, 0.05) is 17.1 Å². The topological polar surface area (TPSA) is 63.6 Å². The number of H-pyrrole nitrogens is 1. The highest BCUT2D eigenvalue weighted by Gasteiger charge is 2.30. The maximum atomic E-state index is 13.1. The van der Waals surface area contributed by atoms with Crippen LogP contribution in [0.4, 0.5) is 13.2 Å². The number of aromatic amines is 1. The Labute approximate surface area is 159 Å². The third kappa shape index (κ3) is 3.15. The number of pyridine rings is 2. The van der Waals surface area contributed by atoms with Crippen LogP contribution in [0.15, 0.2) is 41.5 Å². The van der Waals surface area contributed by atoms with Gasteiger partial charge in [-0.1, -0.05) is 35.3 Å². The first-order valence-corrected chi connectivity index (χ1v) is 8.38. The van der Waals surface area contributed by atoms with Crippen LogP contribution < -0.4 is 5.56 Å². The number of rotatable bonds is 2. The summed E-state index contributed by atoms with van der Waals surface area (Å²) in [6, 6.07) is 6.29. The molecule has 1 N–H and O–H groups in total. The standard InChI is InChI=1S/C17H9Cl2F3N4O/c18-9-4-11(15(19)23-5-9)8-1-2-10-13(3-8)26(7-17(20,21)22)16(27)12-6-24-25-14(10)12/h1-6H,7H2,(H,24,25). The average molecular weight is 413 g/mol. The molecular formula is C17H9Cl2F3N4O. The molecule has 0 aliphatic rings. The number of hydrogen-bond donors (Lipinski definition) is 1. The highest BCUT2D eigenvalue weighted by atomic mass is 35.5. The van der Waals surface area contributed by atoms with Crippen molar-refractivity contribution in [3.05, 3.63) is 57.2 Å². The summed E-state index contributed by atoms with van der Waals surface area (Å²) in [7, 11) is 0. The van der Waals surface area contributed by atoms with Gasteiger partial charge in [-0.3, -0.25) is 14.5 Å². The molecule has 1 aromatic carbocycles. The normalized spacial score (nSPS) is 12.2. The first-order chi connectivity index (χ1) is 12.7. The number of nitrogens with one attached hydrogen (secondary N) is 1.